The van der Waals surface area contributed by atoms with Gasteiger partial charge < -0.3 is 10.1 Å². The molecule has 1 aromatic carbocycles. The van der Waals surface area contributed by atoms with E-state index in [0.717, 1.165) is 28.4 Å². The summed E-state index contributed by atoms with van der Waals surface area (Å²) < 4.78 is 5.54. The normalized spacial score (nSPS) is 10.3. The van der Waals surface area contributed by atoms with E-state index in [1.54, 1.807) is 0 Å². The highest BCUT2D eigenvalue weighted by Crippen LogP contribution is 2.28. The Morgan fingerprint density at radius 1 is 1.21 bits per heavy atom. The number of anilines is 1. The van der Waals surface area contributed by atoms with E-state index in [-0.39, 0.29) is 0 Å². The van der Waals surface area contributed by atoms with E-state index < -0.39 is 0 Å². The Labute approximate surface area is 113 Å². The summed E-state index contributed by atoms with van der Waals surface area (Å²) in [5, 5.41) is 11.3. The molecule has 0 aliphatic heterocycles. The van der Waals surface area contributed by atoms with Gasteiger partial charge in [0.05, 0.1) is 6.61 Å². The average Bonchev–Trinajstić information content (AvgIpc) is 2.41. The first kappa shape index (κ1) is 13.3. The number of nitrogens with one attached hydrogen (secondary N) is 1. The van der Waals surface area contributed by atoms with Crippen LogP contribution in [0.25, 0.3) is 11.3 Å². The van der Waals surface area contributed by atoms with E-state index in [4.69, 9.17) is 4.74 Å². The molecule has 0 saturated carbocycles. The van der Waals surface area contributed by atoms with Crippen molar-refractivity contribution in [3.05, 3.63) is 29.6 Å². The molecule has 1 heterocycles. The number of hydrogen-bond donors (Lipinski definition) is 1. The summed E-state index contributed by atoms with van der Waals surface area (Å²) in [5.41, 5.74) is 2.80. The predicted octanol–water partition coefficient (Wildman–Crippen LogP) is 2.60. The Hall–Kier alpha value is -2.17. The number of nitrogens with zero attached hydrogens (tertiary/aromatic N) is 3. The van der Waals surface area contributed by atoms with Crippen molar-refractivity contribution in [2.45, 2.75) is 20.8 Å². The van der Waals surface area contributed by atoms with Crippen LogP contribution in [0.1, 0.15) is 18.3 Å². The van der Waals surface area contributed by atoms with Crippen LogP contribution in [-0.4, -0.2) is 28.8 Å². The SMILES string of the molecule is CCOc1ccc(-c2nnc(C)nc2NC)cc1C. The quantitative estimate of drug-likeness (QED) is 0.913. The highest BCUT2D eigenvalue weighted by molar-refractivity contribution is 5.71. The number of ether oxygens (including phenoxy) is 1. The Morgan fingerprint density at radius 3 is 2.63 bits per heavy atom. The summed E-state index contributed by atoms with van der Waals surface area (Å²) in [7, 11) is 1.83. The van der Waals surface area contributed by atoms with Gasteiger partial charge in [-0.05, 0) is 44.5 Å². The van der Waals surface area contributed by atoms with Gasteiger partial charge in [0.2, 0.25) is 0 Å². The maximum atomic E-state index is 5.54. The summed E-state index contributed by atoms with van der Waals surface area (Å²) in [6.45, 7) is 6.47. The Bertz CT molecular complexity index is 584. The molecule has 0 aliphatic rings. The first-order valence-corrected chi connectivity index (χ1v) is 6.28. The van der Waals surface area contributed by atoms with Crippen molar-refractivity contribution in [2.75, 3.05) is 19.0 Å². The lowest BCUT2D eigenvalue weighted by molar-refractivity contribution is 0.338. The molecule has 19 heavy (non-hydrogen) atoms. The van der Waals surface area contributed by atoms with Gasteiger partial charge in [-0.1, -0.05) is 0 Å². The zero-order valence-electron chi connectivity index (χ0n) is 11.7. The molecule has 1 N–H and O–H groups in total. The lowest BCUT2D eigenvalue weighted by atomic mass is 10.1. The minimum absolute atomic E-state index is 0.649. The first-order chi connectivity index (χ1) is 9.15. The van der Waals surface area contributed by atoms with Gasteiger partial charge in [-0.15, -0.1) is 10.2 Å². The maximum Gasteiger partial charge on any atom is 0.156 e. The van der Waals surface area contributed by atoms with Gasteiger partial charge in [0, 0.05) is 12.6 Å². The van der Waals surface area contributed by atoms with Gasteiger partial charge in [-0.2, -0.15) is 0 Å². The summed E-state index contributed by atoms with van der Waals surface area (Å²) in [5.74, 6) is 2.28. The molecule has 0 amide bonds. The van der Waals surface area contributed by atoms with Gasteiger partial charge in [0.15, 0.2) is 5.82 Å². The third-order valence-corrected chi connectivity index (χ3v) is 2.78. The number of aryl methyl sites for hydroxylation is 2. The Balaban J connectivity index is 2.44. The molecule has 5 heteroatoms. The molecule has 2 aromatic rings. The molecule has 0 unspecified atom stereocenters. The molecular formula is C14H18N4O. The van der Waals surface area contributed by atoms with Crippen molar-refractivity contribution >= 4 is 5.82 Å². The summed E-state index contributed by atoms with van der Waals surface area (Å²) in [6.07, 6.45) is 0. The van der Waals surface area contributed by atoms with Crippen LogP contribution in [0.2, 0.25) is 0 Å². The van der Waals surface area contributed by atoms with Crippen molar-refractivity contribution in [1.29, 1.82) is 0 Å². The predicted molar refractivity (Wildman–Crippen MR) is 75.5 cm³/mol. The summed E-state index contributed by atoms with van der Waals surface area (Å²) in [4.78, 5) is 4.34. The minimum atomic E-state index is 0.649. The van der Waals surface area contributed by atoms with Crippen LogP contribution >= 0.6 is 0 Å². The number of rotatable bonds is 4. The van der Waals surface area contributed by atoms with Crippen molar-refractivity contribution in [2.24, 2.45) is 0 Å². The second-order valence-corrected chi connectivity index (χ2v) is 4.22. The highest BCUT2D eigenvalue weighted by atomic mass is 16.5. The van der Waals surface area contributed by atoms with Gasteiger partial charge in [0.1, 0.15) is 17.3 Å². The fraction of sp³-hybridized carbons (Fsp3) is 0.357. The van der Waals surface area contributed by atoms with E-state index in [2.05, 4.69) is 20.5 Å². The third-order valence-electron chi connectivity index (χ3n) is 2.78. The molecule has 2 rings (SSSR count). The van der Waals surface area contributed by atoms with Crippen LogP contribution in [0.3, 0.4) is 0 Å². The Kier molecular flexibility index (Phi) is 3.94. The molecule has 0 fully saturated rings. The second kappa shape index (κ2) is 5.65. The zero-order chi connectivity index (χ0) is 13.8. The topological polar surface area (TPSA) is 59.9 Å². The number of aromatic nitrogens is 3. The molecule has 5 nitrogen and oxygen atoms in total. The van der Waals surface area contributed by atoms with Crippen LogP contribution in [0, 0.1) is 13.8 Å². The van der Waals surface area contributed by atoms with Crippen molar-refractivity contribution < 1.29 is 4.74 Å². The molecule has 100 valence electrons. The molecule has 0 saturated heterocycles. The first-order valence-electron chi connectivity index (χ1n) is 6.28. The van der Waals surface area contributed by atoms with Crippen LogP contribution < -0.4 is 10.1 Å². The van der Waals surface area contributed by atoms with E-state index >= 15 is 0 Å². The number of hydrogen-bond acceptors (Lipinski definition) is 5. The van der Waals surface area contributed by atoms with E-state index in [1.165, 1.54) is 0 Å². The highest BCUT2D eigenvalue weighted by Gasteiger charge is 2.10. The molecule has 0 spiro atoms. The van der Waals surface area contributed by atoms with E-state index in [1.807, 2.05) is 46.0 Å². The lowest BCUT2D eigenvalue weighted by Gasteiger charge is -2.10. The smallest absolute Gasteiger partial charge is 0.156 e. The monoisotopic (exact) mass is 258 g/mol. The van der Waals surface area contributed by atoms with Gasteiger partial charge in [0.25, 0.3) is 0 Å². The largest absolute Gasteiger partial charge is 0.494 e. The zero-order valence-corrected chi connectivity index (χ0v) is 11.7. The van der Waals surface area contributed by atoms with Crippen LogP contribution in [-0.2, 0) is 0 Å². The molecule has 0 aliphatic carbocycles. The van der Waals surface area contributed by atoms with Gasteiger partial charge in [-0.3, -0.25) is 0 Å². The van der Waals surface area contributed by atoms with Gasteiger partial charge >= 0.3 is 0 Å². The minimum Gasteiger partial charge on any atom is -0.494 e. The summed E-state index contributed by atoms with van der Waals surface area (Å²) in [6, 6.07) is 5.96. The summed E-state index contributed by atoms with van der Waals surface area (Å²) >= 11 is 0. The van der Waals surface area contributed by atoms with Gasteiger partial charge in [-0.25, -0.2) is 4.98 Å². The van der Waals surface area contributed by atoms with Crippen LogP contribution in [0.5, 0.6) is 5.75 Å². The fourth-order valence-corrected chi connectivity index (χ4v) is 1.89. The number of benzene rings is 1. The maximum absolute atomic E-state index is 5.54. The Morgan fingerprint density at radius 2 is 2.00 bits per heavy atom. The van der Waals surface area contributed by atoms with Crippen molar-refractivity contribution in [3.8, 4) is 17.0 Å². The molecule has 1 aromatic heterocycles. The molecule has 0 atom stereocenters. The lowest BCUT2D eigenvalue weighted by Crippen LogP contribution is -2.03. The standard InChI is InChI=1S/C14H18N4O/c1-5-19-12-7-6-11(8-9(12)2)13-14(15-4)16-10(3)17-18-13/h6-8H,5H2,1-4H3,(H,15,16,17). The van der Waals surface area contributed by atoms with E-state index in [0.29, 0.717) is 12.4 Å². The molecule has 0 bridgehead atoms. The third kappa shape index (κ3) is 2.81. The molecule has 0 radical (unpaired) electrons. The van der Waals surface area contributed by atoms with E-state index in [9.17, 15) is 0 Å². The van der Waals surface area contributed by atoms with Crippen molar-refractivity contribution in [3.63, 3.8) is 0 Å². The fourth-order valence-electron chi connectivity index (χ4n) is 1.89. The van der Waals surface area contributed by atoms with Crippen LogP contribution in [0.15, 0.2) is 18.2 Å². The second-order valence-electron chi connectivity index (χ2n) is 4.22. The van der Waals surface area contributed by atoms with Crippen LogP contribution in [0.4, 0.5) is 5.82 Å². The van der Waals surface area contributed by atoms with Crippen molar-refractivity contribution in [1.82, 2.24) is 15.2 Å². The average molecular weight is 258 g/mol. The molecular weight excluding hydrogens is 240 g/mol.